The Balaban J connectivity index is 1.91. The lowest BCUT2D eigenvalue weighted by Crippen LogP contribution is -2.46. The van der Waals surface area contributed by atoms with Crippen molar-refractivity contribution in [2.45, 2.75) is 32.1 Å². The summed E-state index contributed by atoms with van der Waals surface area (Å²) in [7, 11) is 3.49. The van der Waals surface area contributed by atoms with Crippen LogP contribution in [0.2, 0.25) is 0 Å². The predicted octanol–water partition coefficient (Wildman–Crippen LogP) is 0.814. The maximum atomic E-state index is 12.5. The number of carboxylic acid groups (broad SMARTS) is 1. The van der Waals surface area contributed by atoms with Gasteiger partial charge >= 0.3 is 5.97 Å². The summed E-state index contributed by atoms with van der Waals surface area (Å²) >= 11 is 0. The van der Waals surface area contributed by atoms with Crippen LogP contribution in [0.25, 0.3) is 0 Å². The Morgan fingerprint density at radius 1 is 1.00 bits per heavy atom. The predicted molar refractivity (Wildman–Crippen MR) is 76.5 cm³/mol. The highest BCUT2D eigenvalue weighted by Gasteiger charge is 2.40. The van der Waals surface area contributed by atoms with Gasteiger partial charge in [0.1, 0.15) is 0 Å². The first kappa shape index (κ1) is 15.8. The van der Waals surface area contributed by atoms with E-state index in [-0.39, 0.29) is 23.7 Å². The Morgan fingerprint density at radius 3 is 2.10 bits per heavy atom. The number of piperidine rings is 1. The fourth-order valence-electron chi connectivity index (χ4n) is 3.50. The minimum atomic E-state index is -0.858. The van der Waals surface area contributed by atoms with Gasteiger partial charge in [0.05, 0.1) is 11.8 Å². The van der Waals surface area contributed by atoms with Crippen molar-refractivity contribution in [3.63, 3.8) is 0 Å². The van der Waals surface area contributed by atoms with Crippen molar-refractivity contribution in [3.05, 3.63) is 0 Å². The molecule has 1 saturated carbocycles. The fraction of sp³-hybridized carbons (Fsp3) is 0.800. The van der Waals surface area contributed by atoms with Crippen LogP contribution in [0.4, 0.5) is 0 Å². The van der Waals surface area contributed by atoms with E-state index in [0.29, 0.717) is 38.8 Å². The van der Waals surface area contributed by atoms with Gasteiger partial charge in [0, 0.05) is 33.1 Å². The number of rotatable bonds is 3. The monoisotopic (exact) mass is 296 g/mol. The zero-order valence-corrected chi connectivity index (χ0v) is 12.7. The summed E-state index contributed by atoms with van der Waals surface area (Å²) in [5.74, 6) is -1.68. The first-order valence-electron chi connectivity index (χ1n) is 7.64. The van der Waals surface area contributed by atoms with E-state index < -0.39 is 11.9 Å². The van der Waals surface area contributed by atoms with Crippen LogP contribution in [-0.2, 0) is 14.4 Å². The van der Waals surface area contributed by atoms with E-state index in [4.69, 9.17) is 0 Å². The molecule has 1 saturated heterocycles. The molecule has 2 unspecified atom stereocenters. The first-order valence-corrected chi connectivity index (χ1v) is 7.64. The van der Waals surface area contributed by atoms with Gasteiger partial charge in [-0.3, -0.25) is 14.4 Å². The highest BCUT2D eigenvalue weighted by atomic mass is 16.4. The largest absolute Gasteiger partial charge is 0.481 e. The number of carboxylic acids is 1. The number of nitrogens with zero attached hydrogens (tertiary/aromatic N) is 2. The summed E-state index contributed by atoms with van der Waals surface area (Å²) in [6.45, 7) is 1.12. The molecule has 118 valence electrons. The van der Waals surface area contributed by atoms with Gasteiger partial charge in [0.25, 0.3) is 0 Å². The molecule has 1 heterocycles. The Morgan fingerprint density at radius 2 is 1.57 bits per heavy atom. The molecule has 0 bridgehead atoms. The summed E-state index contributed by atoms with van der Waals surface area (Å²) in [5, 5.41) is 9.19. The number of likely N-dealkylation sites (tertiary alicyclic amines) is 1. The van der Waals surface area contributed by atoms with Crippen LogP contribution in [0.3, 0.4) is 0 Å². The zero-order chi connectivity index (χ0) is 15.6. The van der Waals surface area contributed by atoms with Crippen LogP contribution in [-0.4, -0.2) is 59.9 Å². The van der Waals surface area contributed by atoms with Crippen LogP contribution in [0.15, 0.2) is 0 Å². The molecule has 6 nitrogen and oxygen atoms in total. The second-order valence-electron chi connectivity index (χ2n) is 6.31. The molecule has 2 amide bonds. The summed E-state index contributed by atoms with van der Waals surface area (Å²) < 4.78 is 0. The molecule has 1 N–H and O–H groups in total. The number of hydrogen-bond donors (Lipinski definition) is 1. The summed E-state index contributed by atoms with van der Waals surface area (Å²) in [4.78, 5) is 39.0. The van der Waals surface area contributed by atoms with Crippen LogP contribution in [0, 0.1) is 17.8 Å². The minimum absolute atomic E-state index is 0.0112. The van der Waals surface area contributed by atoms with E-state index in [9.17, 15) is 19.5 Å². The van der Waals surface area contributed by atoms with Crippen LogP contribution in [0.1, 0.15) is 32.1 Å². The standard InChI is InChI=1S/C15H24N2O4/c1-16(2)13(18)10-6-8-17(9-7-10)14(19)11-4-3-5-12(11)15(20)21/h10-12H,3-9H2,1-2H3,(H,20,21). The molecule has 2 fully saturated rings. The Bertz CT molecular complexity index is 427. The third-order valence-corrected chi connectivity index (χ3v) is 4.75. The van der Waals surface area contributed by atoms with Crippen molar-refractivity contribution in [1.29, 1.82) is 0 Å². The molecule has 2 atom stereocenters. The zero-order valence-electron chi connectivity index (χ0n) is 12.7. The first-order chi connectivity index (χ1) is 9.91. The van der Waals surface area contributed by atoms with Gasteiger partial charge in [-0.25, -0.2) is 0 Å². The number of aliphatic carboxylic acids is 1. The van der Waals surface area contributed by atoms with E-state index in [0.717, 1.165) is 6.42 Å². The molecule has 1 aliphatic carbocycles. The maximum absolute atomic E-state index is 12.5. The molecule has 1 aliphatic heterocycles. The quantitative estimate of drug-likeness (QED) is 0.836. The summed E-state index contributed by atoms with van der Waals surface area (Å²) in [6.07, 6.45) is 3.43. The third kappa shape index (κ3) is 3.36. The Kier molecular flexibility index (Phi) is 4.85. The molecule has 0 aromatic heterocycles. The van der Waals surface area contributed by atoms with Gasteiger partial charge < -0.3 is 14.9 Å². The highest BCUT2D eigenvalue weighted by Crippen LogP contribution is 2.34. The third-order valence-electron chi connectivity index (χ3n) is 4.75. The molecule has 21 heavy (non-hydrogen) atoms. The van der Waals surface area contributed by atoms with E-state index in [2.05, 4.69) is 0 Å². The number of carbonyl (C=O) groups excluding carboxylic acids is 2. The number of carbonyl (C=O) groups is 3. The lowest BCUT2D eigenvalue weighted by molar-refractivity contribution is -0.150. The normalized spacial score (nSPS) is 26.7. The van der Waals surface area contributed by atoms with Gasteiger partial charge in [0.2, 0.25) is 11.8 Å². The molecule has 6 heteroatoms. The smallest absolute Gasteiger partial charge is 0.307 e. The van der Waals surface area contributed by atoms with Crippen molar-refractivity contribution >= 4 is 17.8 Å². The molecule has 2 rings (SSSR count). The van der Waals surface area contributed by atoms with Gasteiger partial charge in [-0.2, -0.15) is 0 Å². The van der Waals surface area contributed by atoms with Crippen molar-refractivity contribution in [2.75, 3.05) is 27.2 Å². The van der Waals surface area contributed by atoms with Gasteiger partial charge in [-0.15, -0.1) is 0 Å². The molecular weight excluding hydrogens is 272 g/mol. The minimum Gasteiger partial charge on any atom is -0.481 e. The molecular formula is C15H24N2O4. The molecule has 0 spiro atoms. The Labute approximate surface area is 125 Å². The van der Waals surface area contributed by atoms with Crippen molar-refractivity contribution < 1.29 is 19.5 Å². The summed E-state index contributed by atoms with van der Waals surface area (Å²) in [5.41, 5.74) is 0. The van der Waals surface area contributed by atoms with E-state index in [1.165, 1.54) is 0 Å². The van der Waals surface area contributed by atoms with Gasteiger partial charge in [-0.05, 0) is 25.7 Å². The highest BCUT2D eigenvalue weighted by molar-refractivity contribution is 5.85. The second-order valence-corrected chi connectivity index (χ2v) is 6.31. The average molecular weight is 296 g/mol. The lowest BCUT2D eigenvalue weighted by Gasteiger charge is -2.34. The van der Waals surface area contributed by atoms with Gasteiger partial charge in [0.15, 0.2) is 0 Å². The molecule has 0 aromatic carbocycles. The Hall–Kier alpha value is -1.59. The van der Waals surface area contributed by atoms with E-state index in [1.807, 2.05) is 0 Å². The maximum Gasteiger partial charge on any atom is 0.307 e. The second kappa shape index (κ2) is 6.45. The van der Waals surface area contributed by atoms with Crippen molar-refractivity contribution in [1.82, 2.24) is 9.80 Å². The van der Waals surface area contributed by atoms with Crippen molar-refractivity contribution in [3.8, 4) is 0 Å². The molecule has 0 radical (unpaired) electrons. The average Bonchev–Trinajstić information content (AvgIpc) is 2.95. The van der Waals surface area contributed by atoms with Crippen LogP contribution >= 0.6 is 0 Å². The van der Waals surface area contributed by atoms with Gasteiger partial charge in [-0.1, -0.05) is 6.42 Å². The van der Waals surface area contributed by atoms with E-state index in [1.54, 1.807) is 23.9 Å². The topological polar surface area (TPSA) is 77.9 Å². The summed E-state index contributed by atoms with van der Waals surface area (Å²) in [6, 6.07) is 0. The van der Waals surface area contributed by atoms with Crippen molar-refractivity contribution in [2.24, 2.45) is 17.8 Å². The van der Waals surface area contributed by atoms with E-state index >= 15 is 0 Å². The number of amides is 2. The van der Waals surface area contributed by atoms with Crippen LogP contribution in [0.5, 0.6) is 0 Å². The lowest BCUT2D eigenvalue weighted by atomic mass is 9.91. The number of hydrogen-bond acceptors (Lipinski definition) is 3. The molecule has 2 aliphatic rings. The molecule has 0 aromatic rings. The fourth-order valence-corrected chi connectivity index (χ4v) is 3.50. The van der Waals surface area contributed by atoms with Crippen LogP contribution < -0.4 is 0 Å². The SMILES string of the molecule is CN(C)C(=O)C1CCN(C(=O)C2CCCC2C(=O)O)CC1.